The summed E-state index contributed by atoms with van der Waals surface area (Å²) in [7, 11) is 0. The first-order chi connectivity index (χ1) is 8.83. The molecule has 2 N–H and O–H groups in total. The highest BCUT2D eigenvalue weighted by atomic mass is 16.2. The van der Waals surface area contributed by atoms with Crippen molar-refractivity contribution < 1.29 is 4.79 Å². The van der Waals surface area contributed by atoms with E-state index in [4.69, 9.17) is 0 Å². The zero-order valence-corrected chi connectivity index (χ0v) is 11.2. The summed E-state index contributed by atoms with van der Waals surface area (Å²) in [5.41, 5.74) is 0. The molecule has 0 aromatic rings. The van der Waals surface area contributed by atoms with Crippen LogP contribution in [0.15, 0.2) is 0 Å². The lowest BCUT2D eigenvalue weighted by Crippen LogP contribution is -2.52. The van der Waals surface area contributed by atoms with Crippen molar-refractivity contribution in [2.24, 2.45) is 0 Å². The molecule has 2 heterocycles. The molecule has 4 nitrogen and oxygen atoms in total. The van der Waals surface area contributed by atoms with Gasteiger partial charge in [0.2, 0.25) is 5.91 Å². The minimum absolute atomic E-state index is 0.0696. The smallest absolute Gasteiger partial charge is 0.237 e. The Labute approximate surface area is 109 Å². The molecule has 0 radical (unpaired) electrons. The van der Waals surface area contributed by atoms with Gasteiger partial charge < -0.3 is 15.5 Å². The number of hydrogen-bond donors (Lipinski definition) is 2. The molecule has 0 spiro atoms. The van der Waals surface area contributed by atoms with E-state index in [1.165, 1.54) is 38.8 Å². The van der Waals surface area contributed by atoms with E-state index in [0.29, 0.717) is 6.04 Å². The molecule has 1 aliphatic carbocycles. The summed E-state index contributed by atoms with van der Waals surface area (Å²) >= 11 is 0. The molecule has 3 rings (SSSR count). The van der Waals surface area contributed by atoms with Crippen LogP contribution in [-0.4, -0.2) is 48.6 Å². The zero-order chi connectivity index (χ0) is 12.4. The minimum atomic E-state index is 0.0696. The molecule has 18 heavy (non-hydrogen) atoms. The predicted octanol–water partition coefficient (Wildman–Crippen LogP) is 0.871. The van der Waals surface area contributed by atoms with Crippen molar-refractivity contribution in [3.05, 3.63) is 0 Å². The van der Waals surface area contributed by atoms with Crippen molar-refractivity contribution in [1.82, 2.24) is 15.5 Å². The third kappa shape index (κ3) is 3.04. The Kier molecular flexibility index (Phi) is 3.85. The van der Waals surface area contributed by atoms with Crippen LogP contribution in [0.3, 0.4) is 0 Å². The second-order valence-corrected chi connectivity index (χ2v) is 6.05. The summed E-state index contributed by atoms with van der Waals surface area (Å²) in [6.07, 6.45) is 8.46. The van der Waals surface area contributed by atoms with Gasteiger partial charge in [-0.05, 0) is 45.1 Å². The van der Waals surface area contributed by atoms with E-state index in [9.17, 15) is 4.79 Å². The number of likely N-dealkylation sites (tertiary alicyclic amines) is 1. The number of nitrogens with zero attached hydrogens (tertiary/aromatic N) is 1. The molecule has 102 valence electrons. The molecule has 3 aliphatic rings. The Morgan fingerprint density at radius 1 is 1.06 bits per heavy atom. The molecule has 2 saturated heterocycles. The quantitative estimate of drug-likeness (QED) is 0.782. The SMILES string of the molecule is O=C(NC1CCN(C2CC2)CC1)C1CCCCN1. The van der Waals surface area contributed by atoms with Crippen LogP contribution in [0.5, 0.6) is 0 Å². The van der Waals surface area contributed by atoms with Gasteiger partial charge in [0.15, 0.2) is 0 Å². The summed E-state index contributed by atoms with van der Waals surface area (Å²) in [5, 5.41) is 6.56. The van der Waals surface area contributed by atoms with E-state index in [1.54, 1.807) is 0 Å². The fourth-order valence-corrected chi connectivity index (χ4v) is 3.23. The van der Waals surface area contributed by atoms with Crippen LogP contribution in [0, 0.1) is 0 Å². The summed E-state index contributed by atoms with van der Waals surface area (Å²) in [6.45, 7) is 3.35. The number of piperidine rings is 2. The molecule has 1 atom stereocenters. The van der Waals surface area contributed by atoms with Gasteiger partial charge in [-0.2, -0.15) is 0 Å². The number of hydrogen-bond acceptors (Lipinski definition) is 3. The van der Waals surface area contributed by atoms with E-state index in [-0.39, 0.29) is 11.9 Å². The van der Waals surface area contributed by atoms with Crippen molar-refractivity contribution in [1.29, 1.82) is 0 Å². The second kappa shape index (κ2) is 5.57. The van der Waals surface area contributed by atoms with Crippen LogP contribution < -0.4 is 10.6 Å². The molecule has 1 amide bonds. The molecule has 0 aromatic heterocycles. The standard InChI is InChI=1S/C14H25N3O/c18-14(13-3-1-2-8-15-13)16-11-6-9-17(10-7-11)12-4-5-12/h11-13,15H,1-10H2,(H,16,18). The lowest BCUT2D eigenvalue weighted by molar-refractivity contribution is -0.124. The third-order valence-corrected chi connectivity index (χ3v) is 4.57. The summed E-state index contributed by atoms with van der Waals surface area (Å²) < 4.78 is 0. The fraction of sp³-hybridized carbons (Fsp3) is 0.929. The molecule has 3 fully saturated rings. The van der Waals surface area contributed by atoms with Crippen molar-refractivity contribution in [2.45, 2.75) is 63.1 Å². The van der Waals surface area contributed by atoms with Gasteiger partial charge in [-0.3, -0.25) is 4.79 Å². The lowest BCUT2D eigenvalue weighted by atomic mass is 10.0. The highest BCUT2D eigenvalue weighted by Gasteiger charge is 2.32. The summed E-state index contributed by atoms with van der Waals surface area (Å²) in [5.74, 6) is 0.236. The minimum Gasteiger partial charge on any atom is -0.352 e. The van der Waals surface area contributed by atoms with Gasteiger partial charge in [-0.1, -0.05) is 6.42 Å². The van der Waals surface area contributed by atoms with Crippen LogP contribution in [0.25, 0.3) is 0 Å². The van der Waals surface area contributed by atoms with Gasteiger partial charge >= 0.3 is 0 Å². The Hall–Kier alpha value is -0.610. The van der Waals surface area contributed by atoms with Gasteiger partial charge in [0.25, 0.3) is 0 Å². The number of amides is 1. The number of nitrogens with one attached hydrogen (secondary N) is 2. The summed E-state index contributed by atoms with van der Waals surface area (Å²) in [4.78, 5) is 14.7. The van der Waals surface area contributed by atoms with E-state index in [1.807, 2.05) is 0 Å². The molecule has 1 unspecified atom stereocenters. The maximum Gasteiger partial charge on any atom is 0.237 e. The van der Waals surface area contributed by atoms with E-state index in [2.05, 4.69) is 15.5 Å². The van der Waals surface area contributed by atoms with Gasteiger partial charge in [-0.15, -0.1) is 0 Å². The first-order valence-electron chi connectivity index (χ1n) is 7.61. The first-order valence-corrected chi connectivity index (χ1v) is 7.61. The van der Waals surface area contributed by atoms with Crippen molar-refractivity contribution in [3.63, 3.8) is 0 Å². The average molecular weight is 251 g/mol. The molecule has 0 aromatic carbocycles. The lowest BCUT2D eigenvalue weighted by Gasteiger charge is -2.33. The van der Waals surface area contributed by atoms with Crippen molar-refractivity contribution in [3.8, 4) is 0 Å². The van der Waals surface area contributed by atoms with Gasteiger partial charge in [0, 0.05) is 25.2 Å². The van der Waals surface area contributed by atoms with E-state index in [0.717, 1.165) is 31.8 Å². The average Bonchev–Trinajstić information content (AvgIpc) is 3.25. The van der Waals surface area contributed by atoms with Crippen molar-refractivity contribution >= 4 is 5.91 Å². The largest absolute Gasteiger partial charge is 0.352 e. The molecule has 0 bridgehead atoms. The highest BCUT2D eigenvalue weighted by molar-refractivity contribution is 5.82. The van der Waals surface area contributed by atoms with Crippen LogP contribution >= 0.6 is 0 Å². The first kappa shape index (κ1) is 12.4. The number of carbonyl (C=O) groups is 1. The van der Waals surface area contributed by atoms with Gasteiger partial charge in [0.05, 0.1) is 6.04 Å². The van der Waals surface area contributed by atoms with Gasteiger partial charge in [0.1, 0.15) is 0 Å². The topological polar surface area (TPSA) is 44.4 Å². The molecule has 1 saturated carbocycles. The number of rotatable bonds is 3. The predicted molar refractivity (Wildman–Crippen MR) is 71.4 cm³/mol. The van der Waals surface area contributed by atoms with Crippen molar-refractivity contribution in [2.75, 3.05) is 19.6 Å². The van der Waals surface area contributed by atoms with E-state index >= 15 is 0 Å². The van der Waals surface area contributed by atoms with Crippen LogP contribution in [-0.2, 0) is 4.79 Å². The fourth-order valence-electron chi connectivity index (χ4n) is 3.23. The maximum absolute atomic E-state index is 12.1. The Balaban J connectivity index is 1.41. The van der Waals surface area contributed by atoms with E-state index < -0.39 is 0 Å². The Bertz CT molecular complexity index is 289. The second-order valence-electron chi connectivity index (χ2n) is 6.05. The molecular formula is C14H25N3O. The Morgan fingerprint density at radius 3 is 2.44 bits per heavy atom. The van der Waals surface area contributed by atoms with Crippen LogP contribution in [0.4, 0.5) is 0 Å². The Morgan fingerprint density at radius 2 is 1.83 bits per heavy atom. The maximum atomic E-state index is 12.1. The summed E-state index contributed by atoms with van der Waals surface area (Å²) in [6, 6.07) is 1.36. The monoisotopic (exact) mass is 251 g/mol. The normalized spacial score (nSPS) is 31.2. The molecule has 2 aliphatic heterocycles. The van der Waals surface area contributed by atoms with Crippen LogP contribution in [0.1, 0.15) is 44.9 Å². The van der Waals surface area contributed by atoms with Gasteiger partial charge in [-0.25, -0.2) is 0 Å². The molecular weight excluding hydrogens is 226 g/mol. The molecule has 4 heteroatoms. The number of carbonyl (C=O) groups excluding carboxylic acids is 1. The third-order valence-electron chi connectivity index (χ3n) is 4.57. The highest BCUT2D eigenvalue weighted by Crippen LogP contribution is 2.29. The zero-order valence-electron chi connectivity index (χ0n) is 11.2. The van der Waals surface area contributed by atoms with Crippen LogP contribution in [0.2, 0.25) is 0 Å².